The summed E-state index contributed by atoms with van der Waals surface area (Å²) in [5.41, 5.74) is 3.71. The van der Waals surface area contributed by atoms with Crippen molar-refractivity contribution in [3.63, 3.8) is 0 Å². The van der Waals surface area contributed by atoms with Gasteiger partial charge in [-0.1, -0.05) is 58.0 Å². The minimum Gasteiger partial charge on any atom is -0.445 e. The van der Waals surface area contributed by atoms with Crippen LogP contribution in [0.4, 0.5) is 16.2 Å². The maximum atomic E-state index is 13.0. The summed E-state index contributed by atoms with van der Waals surface area (Å²) in [6.07, 6.45) is 1.45. The number of oxazole rings is 1. The maximum absolute atomic E-state index is 13.0. The predicted octanol–water partition coefficient (Wildman–Crippen LogP) is 6.88. The standard InChI is InChI=1S/C33H36N4O5/c1-21(2)18-29(38)35-26-16-12-25(13-17-26)32-34-19-28(42-32)24-10-14-27(15-11-24)36-31(39)30(22(3)4)37-33(40)41-20-23-8-6-5-7-9-23/h5-17,19,21-22,30H,18,20H2,1-4H3,(H,35,38)(H,36,39)(H,37,40)/t30-/m1/s1. The highest BCUT2D eigenvalue weighted by Crippen LogP contribution is 2.28. The Bertz CT molecular complexity index is 1480. The molecule has 4 aromatic rings. The molecule has 0 saturated heterocycles. The topological polar surface area (TPSA) is 123 Å². The Morgan fingerprint density at radius 3 is 2.05 bits per heavy atom. The van der Waals surface area contributed by atoms with E-state index in [-0.39, 0.29) is 30.3 Å². The van der Waals surface area contributed by atoms with Crippen LogP contribution in [0, 0.1) is 11.8 Å². The number of carbonyl (C=O) groups is 3. The number of alkyl carbamates (subject to hydrolysis) is 1. The molecule has 1 heterocycles. The molecule has 0 saturated carbocycles. The summed E-state index contributed by atoms with van der Waals surface area (Å²) in [5.74, 6) is 0.780. The van der Waals surface area contributed by atoms with E-state index in [1.165, 1.54) is 0 Å². The second kappa shape index (κ2) is 14.1. The average molecular weight is 569 g/mol. The summed E-state index contributed by atoms with van der Waals surface area (Å²) in [6, 6.07) is 23.0. The first-order valence-electron chi connectivity index (χ1n) is 13.9. The second-order valence-corrected chi connectivity index (χ2v) is 10.7. The first-order valence-corrected chi connectivity index (χ1v) is 13.9. The SMILES string of the molecule is CC(C)CC(=O)Nc1ccc(-c2ncc(-c3ccc(NC(=O)[C@H](NC(=O)OCc4ccccc4)C(C)C)cc3)o2)cc1. The van der Waals surface area contributed by atoms with E-state index < -0.39 is 12.1 Å². The smallest absolute Gasteiger partial charge is 0.408 e. The molecule has 218 valence electrons. The van der Waals surface area contributed by atoms with Gasteiger partial charge in [0.2, 0.25) is 17.7 Å². The average Bonchev–Trinajstić information content (AvgIpc) is 3.46. The second-order valence-electron chi connectivity index (χ2n) is 10.7. The van der Waals surface area contributed by atoms with Gasteiger partial charge < -0.3 is 25.1 Å². The fourth-order valence-corrected chi connectivity index (χ4v) is 4.18. The van der Waals surface area contributed by atoms with Crippen molar-refractivity contribution in [1.29, 1.82) is 0 Å². The number of benzene rings is 3. The number of anilines is 2. The third-order valence-electron chi connectivity index (χ3n) is 6.39. The monoisotopic (exact) mass is 568 g/mol. The first-order chi connectivity index (χ1) is 20.2. The van der Waals surface area contributed by atoms with Crippen LogP contribution in [0.1, 0.15) is 39.7 Å². The van der Waals surface area contributed by atoms with E-state index in [2.05, 4.69) is 20.9 Å². The number of ether oxygens (including phenoxy) is 1. The minimum atomic E-state index is -0.778. The molecule has 0 aliphatic rings. The zero-order valence-electron chi connectivity index (χ0n) is 24.2. The first kappa shape index (κ1) is 30.0. The minimum absolute atomic E-state index is 0.0203. The van der Waals surface area contributed by atoms with E-state index in [4.69, 9.17) is 9.15 Å². The molecule has 9 nitrogen and oxygen atoms in total. The molecule has 3 aromatic carbocycles. The van der Waals surface area contributed by atoms with Crippen LogP contribution in [0.25, 0.3) is 22.8 Å². The molecule has 1 aromatic heterocycles. The van der Waals surface area contributed by atoms with Crippen molar-refractivity contribution in [3.05, 3.63) is 90.6 Å². The van der Waals surface area contributed by atoms with Crippen molar-refractivity contribution in [1.82, 2.24) is 10.3 Å². The Kier molecular flexibility index (Phi) is 10.1. The molecular formula is C33H36N4O5. The van der Waals surface area contributed by atoms with E-state index in [0.717, 1.165) is 16.7 Å². The van der Waals surface area contributed by atoms with E-state index in [9.17, 15) is 14.4 Å². The highest BCUT2D eigenvalue weighted by atomic mass is 16.5. The number of rotatable bonds is 11. The molecule has 0 spiro atoms. The normalized spacial score (nSPS) is 11.7. The van der Waals surface area contributed by atoms with Gasteiger partial charge in [-0.3, -0.25) is 9.59 Å². The molecule has 0 fully saturated rings. The van der Waals surface area contributed by atoms with Crippen LogP contribution < -0.4 is 16.0 Å². The third-order valence-corrected chi connectivity index (χ3v) is 6.39. The van der Waals surface area contributed by atoms with Gasteiger partial charge in [-0.2, -0.15) is 0 Å². The van der Waals surface area contributed by atoms with Crippen molar-refractivity contribution >= 4 is 29.3 Å². The van der Waals surface area contributed by atoms with Crippen molar-refractivity contribution in [3.8, 4) is 22.8 Å². The van der Waals surface area contributed by atoms with Gasteiger partial charge in [-0.05, 0) is 65.9 Å². The third kappa shape index (κ3) is 8.54. The Hall–Kier alpha value is -4.92. The zero-order valence-corrected chi connectivity index (χ0v) is 24.2. The number of amides is 3. The number of hydrogen-bond donors (Lipinski definition) is 3. The Morgan fingerprint density at radius 1 is 0.810 bits per heavy atom. The van der Waals surface area contributed by atoms with Gasteiger partial charge in [0.1, 0.15) is 12.6 Å². The summed E-state index contributed by atoms with van der Waals surface area (Å²) in [6.45, 7) is 7.82. The molecule has 0 bridgehead atoms. The van der Waals surface area contributed by atoms with Crippen LogP contribution in [0.3, 0.4) is 0 Å². The van der Waals surface area contributed by atoms with E-state index in [1.807, 2.05) is 94.4 Å². The predicted molar refractivity (Wildman–Crippen MR) is 162 cm³/mol. The molecule has 3 N–H and O–H groups in total. The maximum Gasteiger partial charge on any atom is 0.408 e. The summed E-state index contributed by atoms with van der Waals surface area (Å²) in [4.78, 5) is 41.7. The molecule has 3 amide bonds. The van der Waals surface area contributed by atoms with Gasteiger partial charge in [0.25, 0.3) is 0 Å². The fourth-order valence-electron chi connectivity index (χ4n) is 4.18. The van der Waals surface area contributed by atoms with Gasteiger partial charge in [-0.15, -0.1) is 0 Å². The van der Waals surface area contributed by atoms with E-state index >= 15 is 0 Å². The van der Waals surface area contributed by atoms with Gasteiger partial charge in [0, 0.05) is 28.9 Å². The van der Waals surface area contributed by atoms with Crippen molar-refractivity contribution in [2.24, 2.45) is 11.8 Å². The molecule has 0 radical (unpaired) electrons. The van der Waals surface area contributed by atoms with Crippen LogP contribution in [-0.2, 0) is 20.9 Å². The van der Waals surface area contributed by atoms with Crippen LogP contribution >= 0.6 is 0 Å². The fraction of sp³-hybridized carbons (Fsp3) is 0.273. The highest BCUT2D eigenvalue weighted by molar-refractivity contribution is 5.97. The van der Waals surface area contributed by atoms with E-state index in [1.54, 1.807) is 18.3 Å². The molecular weight excluding hydrogens is 532 g/mol. The van der Waals surface area contributed by atoms with Gasteiger partial charge in [0.05, 0.1) is 6.20 Å². The molecule has 0 aliphatic heterocycles. The Labute approximate surface area is 245 Å². The Morgan fingerprint density at radius 2 is 1.43 bits per heavy atom. The van der Waals surface area contributed by atoms with Gasteiger partial charge in [-0.25, -0.2) is 9.78 Å². The lowest BCUT2D eigenvalue weighted by Gasteiger charge is -2.21. The van der Waals surface area contributed by atoms with Crippen molar-refractivity contribution in [2.45, 2.75) is 46.8 Å². The van der Waals surface area contributed by atoms with Crippen LogP contribution in [0.2, 0.25) is 0 Å². The highest BCUT2D eigenvalue weighted by Gasteiger charge is 2.25. The Balaban J connectivity index is 1.33. The molecule has 0 aliphatic carbocycles. The van der Waals surface area contributed by atoms with Crippen LogP contribution in [0.5, 0.6) is 0 Å². The summed E-state index contributed by atoms with van der Waals surface area (Å²) < 4.78 is 11.2. The lowest BCUT2D eigenvalue weighted by atomic mass is 10.0. The van der Waals surface area contributed by atoms with Gasteiger partial charge >= 0.3 is 6.09 Å². The molecule has 0 unspecified atom stereocenters. The van der Waals surface area contributed by atoms with Crippen molar-refractivity contribution in [2.75, 3.05) is 10.6 Å². The lowest BCUT2D eigenvalue weighted by molar-refractivity contribution is -0.119. The van der Waals surface area contributed by atoms with Crippen LogP contribution in [-0.4, -0.2) is 28.9 Å². The molecule has 42 heavy (non-hydrogen) atoms. The summed E-state index contributed by atoms with van der Waals surface area (Å²) >= 11 is 0. The number of hydrogen-bond acceptors (Lipinski definition) is 6. The lowest BCUT2D eigenvalue weighted by Crippen LogP contribution is -2.47. The molecule has 4 rings (SSSR count). The number of nitrogens with zero attached hydrogens (tertiary/aromatic N) is 1. The summed E-state index contributed by atoms with van der Waals surface area (Å²) in [5, 5.41) is 8.41. The largest absolute Gasteiger partial charge is 0.445 e. The number of aromatic nitrogens is 1. The van der Waals surface area contributed by atoms with E-state index in [0.29, 0.717) is 29.4 Å². The zero-order chi connectivity index (χ0) is 30.1. The van der Waals surface area contributed by atoms with Gasteiger partial charge in [0.15, 0.2) is 5.76 Å². The molecule has 9 heteroatoms. The molecule has 1 atom stereocenters. The number of carbonyl (C=O) groups excluding carboxylic acids is 3. The van der Waals surface area contributed by atoms with Crippen LogP contribution in [0.15, 0.2) is 89.5 Å². The summed E-state index contributed by atoms with van der Waals surface area (Å²) in [7, 11) is 0. The van der Waals surface area contributed by atoms with Crippen molar-refractivity contribution < 1.29 is 23.5 Å². The quantitative estimate of drug-likeness (QED) is 0.181. The number of nitrogens with one attached hydrogen (secondary N) is 3.